The number of thiazole rings is 1. The monoisotopic (exact) mass is 427 g/mol. The van der Waals surface area contributed by atoms with Crippen molar-refractivity contribution in [2.24, 2.45) is 0 Å². The molecule has 2 aromatic carbocycles. The van der Waals surface area contributed by atoms with Gasteiger partial charge < -0.3 is 14.8 Å². The zero-order valence-electron chi connectivity index (χ0n) is 16.3. The van der Waals surface area contributed by atoms with E-state index in [4.69, 9.17) is 21.7 Å². The van der Waals surface area contributed by atoms with Gasteiger partial charge in [-0.15, -0.1) is 11.3 Å². The summed E-state index contributed by atoms with van der Waals surface area (Å²) < 4.78 is 10.7. The molecule has 3 aromatic rings. The van der Waals surface area contributed by atoms with E-state index in [2.05, 4.69) is 15.6 Å². The summed E-state index contributed by atoms with van der Waals surface area (Å²) in [7, 11) is 1.63. The normalized spacial score (nSPS) is 10.3. The molecule has 8 heteroatoms. The molecule has 150 valence electrons. The van der Waals surface area contributed by atoms with Crippen LogP contribution in [-0.2, 0) is 4.79 Å². The minimum Gasteiger partial charge on any atom is -0.497 e. The molecule has 0 unspecified atom stereocenters. The SMILES string of the molecule is COc1ccc(-c2csc(NC(=S)NC(=O)COc3ccc(C)c(C)c3)n2)cc1. The van der Waals surface area contributed by atoms with E-state index < -0.39 is 0 Å². The molecule has 6 nitrogen and oxygen atoms in total. The number of benzene rings is 2. The first-order chi connectivity index (χ1) is 13.9. The number of nitrogens with one attached hydrogen (secondary N) is 2. The number of nitrogens with zero attached hydrogens (tertiary/aromatic N) is 1. The molecule has 3 rings (SSSR count). The highest BCUT2D eigenvalue weighted by Gasteiger charge is 2.10. The van der Waals surface area contributed by atoms with E-state index in [1.807, 2.05) is 61.7 Å². The molecule has 0 aliphatic rings. The van der Waals surface area contributed by atoms with Crippen LogP contribution in [-0.4, -0.2) is 29.7 Å². The first-order valence-electron chi connectivity index (χ1n) is 8.85. The van der Waals surface area contributed by atoms with Crippen molar-refractivity contribution < 1.29 is 14.3 Å². The van der Waals surface area contributed by atoms with Crippen molar-refractivity contribution in [3.05, 3.63) is 59.0 Å². The van der Waals surface area contributed by atoms with E-state index in [1.54, 1.807) is 7.11 Å². The third-order valence-corrected chi connectivity index (χ3v) is 5.17. The Bertz CT molecular complexity index is 1020. The number of amides is 1. The van der Waals surface area contributed by atoms with E-state index in [1.165, 1.54) is 16.9 Å². The summed E-state index contributed by atoms with van der Waals surface area (Å²) in [5.41, 5.74) is 4.06. The molecule has 2 N–H and O–H groups in total. The molecule has 0 aliphatic heterocycles. The van der Waals surface area contributed by atoms with Crippen molar-refractivity contribution in [1.82, 2.24) is 10.3 Å². The zero-order valence-corrected chi connectivity index (χ0v) is 17.9. The van der Waals surface area contributed by atoms with Gasteiger partial charge in [0.05, 0.1) is 12.8 Å². The molecule has 0 saturated heterocycles. The van der Waals surface area contributed by atoms with Gasteiger partial charge in [-0.1, -0.05) is 6.07 Å². The predicted molar refractivity (Wildman–Crippen MR) is 120 cm³/mol. The largest absolute Gasteiger partial charge is 0.497 e. The summed E-state index contributed by atoms with van der Waals surface area (Å²) >= 11 is 6.59. The molecule has 1 aromatic heterocycles. The van der Waals surface area contributed by atoms with Crippen LogP contribution in [0.15, 0.2) is 47.8 Å². The van der Waals surface area contributed by atoms with E-state index >= 15 is 0 Å². The molecule has 0 spiro atoms. The highest BCUT2D eigenvalue weighted by molar-refractivity contribution is 7.80. The molecular formula is C21H21N3O3S2. The van der Waals surface area contributed by atoms with Crippen molar-refractivity contribution >= 4 is 39.7 Å². The van der Waals surface area contributed by atoms with Crippen molar-refractivity contribution in [2.75, 3.05) is 19.0 Å². The van der Waals surface area contributed by atoms with Gasteiger partial charge in [-0.3, -0.25) is 10.1 Å². The molecule has 0 aliphatic carbocycles. The van der Waals surface area contributed by atoms with Gasteiger partial charge in [0.1, 0.15) is 11.5 Å². The average Bonchev–Trinajstić information content (AvgIpc) is 3.17. The van der Waals surface area contributed by atoms with Crippen LogP contribution in [0.5, 0.6) is 11.5 Å². The summed E-state index contributed by atoms with van der Waals surface area (Å²) in [5, 5.41) is 8.21. The second kappa shape index (κ2) is 9.49. The molecule has 1 amide bonds. The topological polar surface area (TPSA) is 72.5 Å². The fourth-order valence-corrected chi connectivity index (χ4v) is 3.47. The van der Waals surface area contributed by atoms with E-state index in [-0.39, 0.29) is 17.6 Å². The van der Waals surface area contributed by atoms with Crippen LogP contribution in [0.2, 0.25) is 0 Å². The number of carbonyl (C=O) groups excluding carboxylic acids is 1. The van der Waals surface area contributed by atoms with Crippen LogP contribution in [0.4, 0.5) is 5.13 Å². The van der Waals surface area contributed by atoms with Gasteiger partial charge in [-0.25, -0.2) is 4.98 Å². The van der Waals surface area contributed by atoms with Crippen LogP contribution >= 0.6 is 23.6 Å². The first-order valence-corrected chi connectivity index (χ1v) is 10.1. The summed E-state index contributed by atoms with van der Waals surface area (Å²) in [6, 6.07) is 13.3. The number of thiocarbonyl (C=S) groups is 1. The molecule has 0 radical (unpaired) electrons. The fraction of sp³-hybridized carbons (Fsp3) is 0.190. The quantitative estimate of drug-likeness (QED) is 0.571. The van der Waals surface area contributed by atoms with Gasteiger partial charge in [-0.2, -0.15) is 0 Å². The maximum Gasteiger partial charge on any atom is 0.264 e. The Morgan fingerprint density at radius 1 is 1.10 bits per heavy atom. The van der Waals surface area contributed by atoms with E-state index in [0.29, 0.717) is 10.9 Å². The van der Waals surface area contributed by atoms with E-state index in [0.717, 1.165) is 22.6 Å². The Morgan fingerprint density at radius 2 is 1.83 bits per heavy atom. The van der Waals surface area contributed by atoms with Crippen LogP contribution in [0.3, 0.4) is 0 Å². The number of methoxy groups -OCH3 is 1. The van der Waals surface area contributed by atoms with Crippen molar-refractivity contribution in [2.45, 2.75) is 13.8 Å². The number of carbonyl (C=O) groups is 1. The van der Waals surface area contributed by atoms with Crippen LogP contribution in [0.25, 0.3) is 11.3 Å². The highest BCUT2D eigenvalue weighted by atomic mass is 32.1. The summed E-state index contributed by atoms with van der Waals surface area (Å²) in [6.45, 7) is 3.89. The second-order valence-electron chi connectivity index (χ2n) is 6.30. The summed E-state index contributed by atoms with van der Waals surface area (Å²) in [4.78, 5) is 16.6. The lowest BCUT2D eigenvalue weighted by Crippen LogP contribution is -2.37. The van der Waals surface area contributed by atoms with Crippen LogP contribution < -0.4 is 20.1 Å². The van der Waals surface area contributed by atoms with E-state index in [9.17, 15) is 4.79 Å². The average molecular weight is 428 g/mol. The Hall–Kier alpha value is -2.97. The fourth-order valence-electron chi connectivity index (χ4n) is 2.47. The molecule has 0 saturated carbocycles. The predicted octanol–water partition coefficient (Wildman–Crippen LogP) is 4.33. The molecule has 0 atom stereocenters. The number of anilines is 1. The van der Waals surface area contributed by atoms with Crippen molar-refractivity contribution in [1.29, 1.82) is 0 Å². The standard InChI is InChI=1S/C21H21N3O3S2/c1-13-4-7-17(10-14(13)2)27-11-19(25)23-20(28)24-21-22-18(12-29-21)15-5-8-16(26-3)9-6-15/h4-10,12H,11H2,1-3H3,(H2,22,23,24,25,28). The maximum atomic E-state index is 12.1. The smallest absolute Gasteiger partial charge is 0.264 e. The molecule has 29 heavy (non-hydrogen) atoms. The van der Waals surface area contributed by atoms with Gasteiger partial charge in [0.2, 0.25) is 0 Å². The number of aromatic nitrogens is 1. The number of ether oxygens (including phenoxy) is 2. The van der Waals surface area contributed by atoms with Gasteiger partial charge in [0, 0.05) is 10.9 Å². The van der Waals surface area contributed by atoms with Crippen molar-refractivity contribution in [3.8, 4) is 22.8 Å². The Balaban J connectivity index is 1.50. The van der Waals surface area contributed by atoms with Gasteiger partial charge in [0.25, 0.3) is 5.91 Å². The number of hydrogen-bond donors (Lipinski definition) is 2. The minimum absolute atomic E-state index is 0.126. The number of hydrogen-bond acceptors (Lipinski definition) is 6. The van der Waals surface area contributed by atoms with Crippen LogP contribution in [0, 0.1) is 13.8 Å². The van der Waals surface area contributed by atoms with Gasteiger partial charge in [-0.05, 0) is 73.6 Å². The number of rotatable bonds is 6. The first kappa shape index (κ1) is 20.8. The van der Waals surface area contributed by atoms with Gasteiger partial charge in [0.15, 0.2) is 16.9 Å². The minimum atomic E-state index is -0.340. The van der Waals surface area contributed by atoms with Crippen LogP contribution in [0.1, 0.15) is 11.1 Å². The molecular weight excluding hydrogens is 406 g/mol. The molecule has 0 bridgehead atoms. The molecule has 0 fully saturated rings. The Morgan fingerprint density at radius 3 is 2.52 bits per heavy atom. The third-order valence-electron chi connectivity index (χ3n) is 4.21. The Labute approximate surface area is 178 Å². The lowest BCUT2D eigenvalue weighted by molar-refractivity contribution is -0.121. The Kier molecular flexibility index (Phi) is 6.79. The lowest BCUT2D eigenvalue weighted by Gasteiger charge is -2.10. The highest BCUT2D eigenvalue weighted by Crippen LogP contribution is 2.26. The summed E-state index contributed by atoms with van der Waals surface area (Å²) in [5.74, 6) is 1.09. The second-order valence-corrected chi connectivity index (χ2v) is 7.57. The lowest BCUT2D eigenvalue weighted by atomic mass is 10.1. The zero-order chi connectivity index (χ0) is 20.8. The molecule has 1 heterocycles. The summed E-state index contributed by atoms with van der Waals surface area (Å²) in [6.07, 6.45) is 0. The third kappa shape index (κ3) is 5.75. The van der Waals surface area contributed by atoms with Crippen molar-refractivity contribution in [3.63, 3.8) is 0 Å². The number of aryl methyl sites for hydroxylation is 2. The van der Waals surface area contributed by atoms with Gasteiger partial charge >= 0.3 is 0 Å². The maximum absolute atomic E-state index is 12.1.